The number of piperidine rings is 1. The second kappa shape index (κ2) is 4.41. The van der Waals surface area contributed by atoms with E-state index in [9.17, 15) is 15.0 Å². The van der Waals surface area contributed by atoms with Crippen LogP contribution in [0.25, 0.3) is 0 Å². The van der Waals surface area contributed by atoms with E-state index in [0.717, 1.165) is 13.0 Å². The summed E-state index contributed by atoms with van der Waals surface area (Å²) in [4.78, 5) is 14.8. The molecule has 1 saturated carbocycles. The SMILES string of the molecule is C=CCN1CC[C@@]23C4C5=C(O)C=CC4C[C@@H]1[C@]2(O)C=CC(=O)[C@@H]3O5. The third-order valence-corrected chi connectivity index (χ3v) is 6.86. The number of carbonyl (C=O) groups excluding carboxylic acids is 1. The maximum Gasteiger partial charge on any atom is 0.196 e. The molecule has 6 atom stereocenters. The quantitative estimate of drug-likeness (QED) is 0.752. The van der Waals surface area contributed by atoms with Gasteiger partial charge in [0.15, 0.2) is 17.6 Å². The number of allylic oxidation sites excluding steroid dienone is 3. The topological polar surface area (TPSA) is 70.0 Å². The highest BCUT2D eigenvalue weighted by molar-refractivity contribution is 5.97. The number of hydrogen-bond donors (Lipinski definition) is 2. The number of aliphatic hydroxyl groups is 2. The smallest absolute Gasteiger partial charge is 0.196 e. The van der Waals surface area contributed by atoms with E-state index in [1.807, 2.05) is 12.2 Å². The molecule has 3 aliphatic carbocycles. The first-order valence-corrected chi connectivity index (χ1v) is 8.61. The second-order valence-electron chi connectivity index (χ2n) is 7.63. The van der Waals surface area contributed by atoms with E-state index in [2.05, 4.69) is 11.5 Å². The Hall–Kier alpha value is -1.85. The Morgan fingerprint density at radius 2 is 2.29 bits per heavy atom. The Bertz CT molecular complexity index is 738. The van der Waals surface area contributed by atoms with E-state index < -0.39 is 17.1 Å². The third-order valence-electron chi connectivity index (χ3n) is 6.86. The summed E-state index contributed by atoms with van der Waals surface area (Å²) in [6.45, 7) is 5.34. The van der Waals surface area contributed by atoms with Gasteiger partial charge in [0.25, 0.3) is 0 Å². The molecule has 5 rings (SSSR count). The number of likely N-dealkylation sites (tertiary alicyclic amines) is 1. The molecule has 24 heavy (non-hydrogen) atoms. The fraction of sp³-hybridized carbons (Fsp3) is 0.526. The molecule has 2 unspecified atom stereocenters. The summed E-state index contributed by atoms with van der Waals surface area (Å²) in [5.74, 6) is 0.526. The van der Waals surface area contributed by atoms with E-state index in [1.165, 1.54) is 6.08 Å². The van der Waals surface area contributed by atoms with E-state index in [-0.39, 0.29) is 29.4 Å². The van der Waals surface area contributed by atoms with Crippen LogP contribution in [0.4, 0.5) is 0 Å². The highest BCUT2D eigenvalue weighted by Gasteiger charge is 2.76. The van der Waals surface area contributed by atoms with Crippen molar-refractivity contribution in [2.24, 2.45) is 17.3 Å². The number of ketones is 1. The summed E-state index contributed by atoms with van der Waals surface area (Å²) in [6.07, 6.45) is 9.47. The molecule has 1 spiro atoms. The molecule has 0 aromatic heterocycles. The van der Waals surface area contributed by atoms with Gasteiger partial charge in [-0.1, -0.05) is 12.2 Å². The van der Waals surface area contributed by atoms with Crippen LogP contribution >= 0.6 is 0 Å². The van der Waals surface area contributed by atoms with Crippen LogP contribution in [0.1, 0.15) is 12.8 Å². The molecular weight excluding hydrogens is 306 g/mol. The Morgan fingerprint density at radius 3 is 3.08 bits per heavy atom. The normalized spacial score (nSPS) is 48.3. The number of nitrogens with zero attached hydrogens (tertiary/aromatic N) is 1. The molecule has 0 aromatic carbocycles. The minimum absolute atomic E-state index is 0.0785. The van der Waals surface area contributed by atoms with Gasteiger partial charge in [-0.2, -0.15) is 0 Å². The van der Waals surface area contributed by atoms with Gasteiger partial charge >= 0.3 is 0 Å². The zero-order chi connectivity index (χ0) is 16.7. The van der Waals surface area contributed by atoms with E-state index in [0.29, 0.717) is 18.7 Å². The molecule has 0 aromatic rings. The lowest BCUT2D eigenvalue weighted by Crippen LogP contribution is -2.75. The number of rotatable bonds is 2. The van der Waals surface area contributed by atoms with Crippen LogP contribution in [-0.4, -0.2) is 51.7 Å². The zero-order valence-electron chi connectivity index (χ0n) is 13.4. The van der Waals surface area contributed by atoms with Gasteiger partial charge in [0.05, 0.1) is 5.41 Å². The highest BCUT2D eigenvalue weighted by Crippen LogP contribution is 2.67. The fourth-order valence-corrected chi connectivity index (χ4v) is 5.99. The predicted molar refractivity (Wildman–Crippen MR) is 87.0 cm³/mol. The van der Waals surface area contributed by atoms with Gasteiger partial charge < -0.3 is 14.9 Å². The third kappa shape index (κ3) is 1.38. The first-order chi connectivity index (χ1) is 11.5. The summed E-state index contributed by atoms with van der Waals surface area (Å²) in [6, 6.07) is -0.0785. The standard InChI is InChI=1S/C19H21NO4/c1-2-8-20-9-7-18-15-11-3-4-12(21)16(15)24-17(18)13(22)5-6-19(18,23)14(20)10-11/h2-6,11,14-15,17,21,23H,1,7-10H2/t11?,14-,15?,17+,18+,19-/m1/s1. The number of hydrogen-bond acceptors (Lipinski definition) is 5. The Morgan fingerprint density at radius 1 is 1.46 bits per heavy atom. The van der Waals surface area contributed by atoms with Crippen molar-refractivity contribution in [3.63, 3.8) is 0 Å². The molecule has 2 aliphatic heterocycles. The summed E-state index contributed by atoms with van der Waals surface area (Å²) in [5.41, 5.74) is -1.81. The molecule has 2 saturated heterocycles. The molecule has 2 heterocycles. The van der Waals surface area contributed by atoms with Crippen LogP contribution in [0.2, 0.25) is 0 Å². The summed E-state index contributed by atoms with van der Waals surface area (Å²) >= 11 is 0. The van der Waals surface area contributed by atoms with Gasteiger partial charge in [-0.25, -0.2) is 0 Å². The lowest BCUT2D eigenvalue weighted by Gasteiger charge is -2.63. The van der Waals surface area contributed by atoms with Crippen molar-refractivity contribution in [2.75, 3.05) is 13.1 Å². The van der Waals surface area contributed by atoms with Crippen molar-refractivity contribution in [1.29, 1.82) is 0 Å². The number of aliphatic hydroxyl groups excluding tert-OH is 1. The maximum atomic E-state index is 12.6. The largest absolute Gasteiger partial charge is 0.504 e. The zero-order valence-corrected chi connectivity index (χ0v) is 13.4. The molecule has 5 aliphatic rings. The molecule has 2 bridgehead atoms. The average molecular weight is 327 g/mol. The Labute approximate surface area is 140 Å². The predicted octanol–water partition coefficient (Wildman–Crippen LogP) is 1.48. The molecule has 126 valence electrons. The minimum atomic E-state index is -1.12. The van der Waals surface area contributed by atoms with Crippen LogP contribution in [-0.2, 0) is 9.53 Å². The molecular formula is C19H21NO4. The van der Waals surface area contributed by atoms with Crippen LogP contribution in [0.5, 0.6) is 0 Å². The van der Waals surface area contributed by atoms with Crippen LogP contribution in [0.15, 0.2) is 48.5 Å². The van der Waals surface area contributed by atoms with Gasteiger partial charge in [-0.15, -0.1) is 6.58 Å². The molecule has 5 nitrogen and oxygen atoms in total. The van der Waals surface area contributed by atoms with Gasteiger partial charge in [0, 0.05) is 18.5 Å². The van der Waals surface area contributed by atoms with Crippen molar-refractivity contribution in [2.45, 2.75) is 30.6 Å². The van der Waals surface area contributed by atoms with Gasteiger partial charge in [0.1, 0.15) is 11.4 Å². The van der Waals surface area contributed by atoms with E-state index >= 15 is 0 Å². The maximum absolute atomic E-state index is 12.6. The monoisotopic (exact) mass is 327 g/mol. The molecule has 3 fully saturated rings. The number of ether oxygens (including phenoxy) is 1. The van der Waals surface area contributed by atoms with Gasteiger partial charge in [-0.05, 0) is 43.5 Å². The highest BCUT2D eigenvalue weighted by atomic mass is 16.5. The van der Waals surface area contributed by atoms with Crippen molar-refractivity contribution in [1.82, 2.24) is 4.90 Å². The fourth-order valence-electron chi connectivity index (χ4n) is 5.99. The number of carbonyl (C=O) groups is 1. The summed E-state index contributed by atoms with van der Waals surface area (Å²) in [7, 11) is 0. The van der Waals surface area contributed by atoms with Crippen molar-refractivity contribution >= 4 is 5.78 Å². The average Bonchev–Trinajstić information content (AvgIpc) is 2.91. The Balaban J connectivity index is 1.75. The van der Waals surface area contributed by atoms with E-state index in [4.69, 9.17) is 4.74 Å². The van der Waals surface area contributed by atoms with Crippen LogP contribution < -0.4 is 0 Å². The van der Waals surface area contributed by atoms with Gasteiger partial charge in [-0.3, -0.25) is 9.69 Å². The first-order valence-electron chi connectivity index (χ1n) is 8.61. The lowest BCUT2D eigenvalue weighted by atomic mass is 9.45. The second-order valence-corrected chi connectivity index (χ2v) is 7.63. The molecule has 2 N–H and O–H groups in total. The lowest BCUT2D eigenvalue weighted by molar-refractivity contribution is -0.208. The van der Waals surface area contributed by atoms with Crippen molar-refractivity contribution < 1.29 is 19.7 Å². The molecule has 0 amide bonds. The van der Waals surface area contributed by atoms with Crippen molar-refractivity contribution in [3.05, 3.63) is 48.5 Å². The first kappa shape index (κ1) is 14.5. The van der Waals surface area contributed by atoms with E-state index in [1.54, 1.807) is 12.2 Å². The van der Waals surface area contributed by atoms with Gasteiger partial charge in [0.2, 0.25) is 0 Å². The van der Waals surface area contributed by atoms with Crippen LogP contribution in [0.3, 0.4) is 0 Å². The van der Waals surface area contributed by atoms with Crippen LogP contribution in [0, 0.1) is 17.3 Å². The molecule has 0 radical (unpaired) electrons. The Kier molecular flexibility index (Phi) is 2.66. The van der Waals surface area contributed by atoms with Crippen molar-refractivity contribution in [3.8, 4) is 0 Å². The summed E-state index contributed by atoms with van der Waals surface area (Å²) < 4.78 is 5.99. The molecule has 5 heteroatoms. The summed E-state index contributed by atoms with van der Waals surface area (Å²) in [5, 5.41) is 22.1. The minimum Gasteiger partial charge on any atom is -0.504 e.